The van der Waals surface area contributed by atoms with Crippen LogP contribution in [-0.2, 0) is 14.4 Å². The van der Waals surface area contributed by atoms with Gasteiger partial charge in [-0.05, 0) is 0 Å². The summed E-state index contributed by atoms with van der Waals surface area (Å²) >= 11 is -1.88. The van der Waals surface area contributed by atoms with Gasteiger partial charge in [0.15, 0.2) is 0 Å². The summed E-state index contributed by atoms with van der Waals surface area (Å²) in [6.07, 6.45) is 0. The Morgan fingerprint density at radius 3 is 1.14 bits per heavy atom. The molecule has 0 radical (unpaired) electrons. The Balaban J connectivity index is 4.44. The second-order valence-corrected chi connectivity index (χ2v) is 20.8. The summed E-state index contributed by atoms with van der Waals surface area (Å²) in [6.45, 7) is 0. The SMILES string of the molecule is N[C@H](CS[As](SC[C@@H](N)C(=O)O)SC[C@@H](N)C(=O)O)C(=O)O. The van der Waals surface area contributed by atoms with Crippen LogP contribution in [0.3, 0.4) is 0 Å². The van der Waals surface area contributed by atoms with Crippen LogP contribution >= 0.6 is 30.1 Å². The van der Waals surface area contributed by atoms with Gasteiger partial charge in [-0.15, -0.1) is 0 Å². The zero-order valence-electron chi connectivity index (χ0n) is 11.3. The van der Waals surface area contributed by atoms with E-state index in [0.717, 1.165) is 0 Å². The third-order valence-corrected chi connectivity index (χ3v) is 20.8. The van der Waals surface area contributed by atoms with Crippen molar-refractivity contribution in [2.45, 2.75) is 18.1 Å². The molecule has 3 atom stereocenters. The van der Waals surface area contributed by atoms with Gasteiger partial charge in [-0.2, -0.15) is 0 Å². The van der Waals surface area contributed by atoms with E-state index in [-0.39, 0.29) is 17.3 Å². The van der Waals surface area contributed by atoms with E-state index < -0.39 is 47.2 Å². The summed E-state index contributed by atoms with van der Waals surface area (Å²) < 4.78 is 0. The molecule has 128 valence electrons. The van der Waals surface area contributed by atoms with Crippen molar-refractivity contribution >= 4 is 59.2 Å². The Morgan fingerprint density at radius 2 is 0.955 bits per heavy atom. The van der Waals surface area contributed by atoms with Gasteiger partial charge < -0.3 is 0 Å². The molecule has 0 aliphatic rings. The molecule has 9 N–H and O–H groups in total. The first-order chi connectivity index (χ1) is 10.1. The third kappa shape index (κ3) is 9.82. The molecular weight excluding hydrogens is 417 g/mol. The molecule has 0 aromatic carbocycles. The van der Waals surface area contributed by atoms with Crippen LogP contribution in [0.4, 0.5) is 0 Å². The molecule has 0 unspecified atom stereocenters. The van der Waals surface area contributed by atoms with Gasteiger partial charge in [0.25, 0.3) is 0 Å². The number of carboxylic acid groups (broad SMARTS) is 3. The first kappa shape index (κ1) is 21.9. The first-order valence-corrected chi connectivity index (χ1v) is 15.5. The van der Waals surface area contributed by atoms with Crippen LogP contribution in [0.2, 0.25) is 0 Å². The van der Waals surface area contributed by atoms with Crippen molar-refractivity contribution < 1.29 is 29.7 Å². The molecule has 9 nitrogen and oxygen atoms in total. The van der Waals surface area contributed by atoms with E-state index >= 15 is 0 Å². The zero-order chi connectivity index (χ0) is 17.3. The Morgan fingerprint density at radius 1 is 0.727 bits per heavy atom. The predicted octanol–water partition coefficient (Wildman–Crippen LogP) is -1.59. The van der Waals surface area contributed by atoms with E-state index in [4.69, 9.17) is 32.5 Å². The number of nitrogens with two attached hydrogens (primary N) is 3. The molecule has 0 rings (SSSR count). The van der Waals surface area contributed by atoms with Gasteiger partial charge in [0, 0.05) is 0 Å². The average Bonchev–Trinajstić information content (AvgIpc) is 2.44. The first-order valence-electron chi connectivity index (χ1n) is 5.79. The molecule has 0 bridgehead atoms. The predicted molar refractivity (Wildman–Crippen MR) is 90.0 cm³/mol. The fourth-order valence-electron chi connectivity index (χ4n) is 0.749. The maximum atomic E-state index is 10.7. The molecule has 0 saturated carbocycles. The Kier molecular flexibility index (Phi) is 11.4. The Hall–Kier alpha value is -0.102. The van der Waals surface area contributed by atoms with E-state index in [9.17, 15) is 14.4 Å². The molecule has 0 aliphatic heterocycles. The molecule has 0 spiro atoms. The number of aliphatic carboxylic acids is 3. The van der Waals surface area contributed by atoms with Crippen molar-refractivity contribution in [3.05, 3.63) is 0 Å². The van der Waals surface area contributed by atoms with Gasteiger partial charge in [0.05, 0.1) is 0 Å². The van der Waals surface area contributed by atoms with Crippen molar-refractivity contribution in [1.82, 2.24) is 0 Å². The van der Waals surface area contributed by atoms with E-state index in [1.807, 2.05) is 0 Å². The summed E-state index contributed by atoms with van der Waals surface area (Å²) in [5.74, 6) is -2.87. The molecule has 22 heavy (non-hydrogen) atoms. The Labute approximate surface area is 141 Å². The molecule has 0 aromatic rings. The molecular formula is C9H18AsN3O6S3. The summed E-state index contributed by atoms with van der Waals surface area (Å²) in [7, 11) is 4.00. The zero-order valence-corrected chi connectivity index (χ0v) is 15.6. The summed E-state index contributed by atoms with van der Waals surface area (Å²) in [5, 5.41) is 26.2. The normalized spacial score (nSPS) is 15.3. The summed E-state index contributed by atoms with van der Waals surface area (Å²) in [6, 6.07) is -3.07. The molecule has 0 saturated heterocycles. The van der Waals surface area contributed by atoms with Crippen LogP contribution in [0.15, 0.2) is 0 Å². The average molecular weight is 435 g/mol. The van der Waals surface area contributed by atoms with Crippen molar-refractivity contribution in [2.24, 2.45) is 17.2 Å². The van der Waals surface area contributed by atoms with Crippen LogP contribution in [-0.4, -0.2) is 79.8 Å². The van der Waals surface area contributed by atoms with Crippen LogP contribution in [0.5, 0.6) is 0 Å². The molecule has 0 aliphatic carbocycles. The molecule has 0 heterocycles. The van der Waals surface area contributed by atoms with Crippen LogP contribution in [0, 0.1) is 0 Å². The number of hydrogen-bond acceptors (Lipinski definition) is 9. The fraction of sp³-hybridized carbons (Fsp3) is 0.667. The number of carboxylic acids is 3. The Bertz CT molecular complexity index is 348. The summed E-state index contributed by atoms with van der Waals surface area (Å²) in [5.41, 5.74) is 16.3. The number of carbonyl (C=O) groups is 3. The number of hydrogen-bond donors (Lipinski definition) is 6. The monoisotopic (exact) mass is 435 g/mol. The molecule has 0 aromatic heterocycles. The van der Waals surface area contributed by atoms with Crippen LogP contribution in [0.1, 0.15) is 0 Å². The van der Waals surface area contributed by atoms with E-state index in [1.165, 1.54) is 30.1 Å². The van der Waals surface area contributed by atoms with Gasteiger partial charge in [-0.3, -0.25) is 0 Å². The van der Waals surface area contributed by atoms with E-state index in [1.54, 1.807) is 0 Å². The van der Waals surface area contributed by atoms with Crippen molar-refractivity contribution in [1.29, 1.82) is 0 Å². The maximum absolute atomic E-state index is 10.7. The van der Waals surface area contributed by atoms with Crippen molar-refractivity contribution in [3.63, 3.8) is 0 Å². The topological polar surface area (TPSA) is 190 Å². The molecule has 0 amide bonds. The minimum absolute atomic E-state index is 0.167. The standard InChI is InChI=1S/C9H18AsN3O6S3/c11-4(7(14)15)1-20-10(21-2-5(12)8(16)17)22-3-6(13)9(18)19/h4-6H,1-3,11-13H2,(H,14,15)(H,16,17)(H,18,19)/t4-,5-,6-/m1/s1. The fourth-order valence-corrected chi connectivity index (χ4v) is 18.2. The second kappa shape index (κ2) is 11.4. The summed E-state index contributed by atoms with van der Waals surface area (Å²) in [4.78, 5) is 32.1. The van der Waals surface area contributed by atoms with E-state index in [0.29, 0.717) is 0 Å². The van der Waals surface area contributed by atoms with Crippen LogP contribution in [0.25, 0.3) is 0 Å². The van der Waals surface area contributed by atoms with Gasteiger partial charge in [0.1, 0.15) is 0 Å². The quantitative estimate of drug-likeness (QED) is 0.193. The minimum atomic E-state index is -1.88. The van der Waals surface area contributed by atoms with Gasteiger partial charge in [-0.25, -0.2) is 0 Å². The van der Waals surface area contributed by atoms with Gasteiger partial charge >= 0.3 is 141 Å². The molecule has 13 heteroatoms. The second-order valence-electron chi connectivity index (χ2n) is 3.95. The molecule has 0 fully saturated rings. The van der Waals surface area contributed by atoms with Crippen LogP contribution < -0.4 is 17.2 Å². The van der Waals surface area contributed by atoms with Crippen molar-refractivity contribution in [3.8, 4) is 0 Å². The van der Waals surface area contributed by atoms with Gasteiger partial charge in [-0.1, -0.05) is 0 Å². The number of rotatable bonds is 12. The van der Waals surface area contributed by atoms with Crippen molar-refractivity contribution in [2.75, 3.05) is 17.3 Å². The van der Waals surface area contributed by atoms with Gasteiger partial charge in [0.2, 0.25) is 0 Å². The third-order valence-electron chi connectivity index (χ3n) is 2.03. The van der Waals surface area contributed by atoms with E-state index in [2.05, 4.69) is 0 Å².